The molecule has 1 saturated carbocycles. The molecule has 1 heterocycles. The van der Waals surface area contributed by atoms with Gasteiger partial charge in [-0.05, 0) is 24.7 Å². The lowest BCUT2D eigenvalue weighted by Gasteiger charge is -2.08. The standard InChI is InChI=1S/C11H18N2S/c1-3-10-13-7-9(14-10)6-12-8-11(2)4-5-11/h7,12H,3-6,8H2,1-2H3. The van der Waals surface area contributed by atoms with Crippen molar-refractivity contribution in [3.8, 4) is 0 Å². The van der Waals surface area contributed by atoms with Crippen LogP contribution in [0.25, 0.3) is 0 Å². The van der Waals surface area contributed by atoms with E-state index >= 15 is 0 Å². The molecular formula is C11H18N2S. The van der Waals surface area contributed by atoms with Crippen molar-refractivity contribution in [3.05, 3.63) is 16.1 Å². The molecule has 14 heavy (non-hydrogen) atoms. The zero-order valence-electron chi connectivity index (χ0n) is 8.97. The Morgan fingerprint density at radius 1 is 1.57 bits per heavy atom. The quantitative estimate of drug-likeness (QED) is 0.808. The molecule has 78 valence electrons. The summed E-state index contributed by atoms with van der Waals surface area (Å²) in [6.45, 7) is 6.66. The van der Waals surface area contributed by atoms with Crippen molar-refractivity contribution in [1.29, 1.82) is 0 Å². The average molecular weight is 210 g/mol. The van der Waals surface area contributed by atoms with Crippen LogP contribution in [0.2, 0.25) is 0 Å². The summed E-state index contributed by atoms with van der Waals surface area (Å²) < 4.78 is 0. The van der Waals surface area contributed by atoms with Gasteiger partial charge in [0.2, 0.25) is 0 Å². The molecule has 1 aliphatic carbocycles. The van der Waals surface area contributed by atoms with Gasteiger partial charge in [-0.15, -0.1) is 11.3 Å². The molecule has 2 nitrogen and oxygen atoms in total. The third-order valence-electron chi connectivity index (χ3n) is 2.86. The maximum atomic E-state index is 4.34. The van der Waals surface area contributed by atoms with Gasteiger partial charge in [-0.1, -0.05) is 13.8 Å². The lowest BCUT2D eigenvalue weighted by molar-refractivity contribution is 0.501. The van der Waals surface area contributed by atoms with E-state index in [1.807, 2.05) is 17.5 Å². The molecule has 3 heteroatoms. The maximum Gasteiger partial charge on any atom is 0.0925 e. The molecule has 0 bridgehead atoms. The van der Waals surface area contributed by atoms with Gasteiger partial charge in [0, 0.05) is 24.2 Å². The second-order valence-corrected chi connectivity index (χ2v) is 5.69. The maximum absolute atomic E-state index is 4.34. The second-order valence-electron chi connectivity index (χ2n) is 4.49. The van der Waals surface area contributed by atoms with Crippen molar-refractivity contribution in [3.63, 3.8) is 0 Å². The first kappa shape index (κ1) is 10.1. The van der Waals surface area contributed by atoms with Crippen LogP contribution in [-0.2, 0) is 13.0 Å². The zero-order valence-corrected chi connectivity index (χ0v) is 9.78. The average Bonchev–Trinajstić information content (AvgIpc) is 2.75. The van der Waals surface area contributed by atoms with Crippen LogP contribution >= 0.6 is 11.3 Å². The van der Waals surface area contributed by atoms with Crippen LogP contribution in [0.3, 0.4) is 0 Å². The lowest BCUT2D eigenvalue weighted by atomic mass is 10.1. The molecule has 0 saturated heterocycles. The largest absolute Gasteiger partial charge is 0.311 e. The van der Waals surface area contributed by atoms with E-state index in [4.69, 9.17) is 0 Å². The molecule has 1 aromatic rings. The van der Waals surface area contributed by atoms with Crippen LogP contribution in [0.4, 0.5) is 0 Å². The van der Waals surface area contributed by atoms with Gasteiger partial charge in [0.25, 0.3) is 0 Å². The minimum atomic E-state index is 0.609. The van der Waals surface area contributed by atoms with Gasteiger partial charge in [0.1, 0.15) is 0 Å². The first-order valence-electron chi connectivity index (χ1n) is 5.36. The zero-order chi connectivity index (χ0) is 10.0. The van der Waals surface area contributed by atoms with Gasteiger partial charge in [0.05, 0.1) is 5.01 Å². The summed E-state index contributed by atoms with van der Waals surface area (Å²) in [6.07, 6.45) is 5.85. The SMILES string of the molecule is CCc1ncc(CNCC2(C)CC2)s1. The van der Waals surface area contributed by atoms with Crippen molar-refractivity contribution in [1.82, 2.24) is 10.3 Å². The van der Waals surface area contributed by atoms with Crippen molar-refractivity contribution in [2.24, 2.45) is 5.41 Å². The Bertz CT molecular complexity index is 302. The third-order valence-corrected chi connectivity index (χ3v) is 4.00. The Hall–Kier alpha value is -0.410. The summed E-state index contributed by atoms with van der Waals surface area (Å²) in [7, 11) is 0. The van der Waals surface area contributed by atoms with Gasteiger partial charge in [-0.2, -0.15) is 0 Å². The molecule has 1 N–H and O–H groups in total. The monoisotopic (exact) mass is 210 g/mol. The number of nitrogens with zero attached hydrogens (tertiary/aromatic N) is 1. The summed E-state index contributed by atoms with van der Waals surface area (Å²) in [6, 6.07) is 0. The normalized spacial score (nSPS) is 18.4. The van der Waals surface area contributed by atoms with E-state index in [0.717, 1.165) is 19.5 Å². The molecule has 2 rings (SSSR count). The summed E-state index contributed by atoms with van der Waals surface area (Å²) in [5.41, 5.74) is 0.609. The van der Waals surface area contributed by atoms with Crippen molar-refractivity contribution in [2.75, 3.05) is 6.54 Å². The Balaban J connectivity index is 1.74. The highest BCUT2D eigenvalue weighted by molar-refractivity contribution is 7.11. The summed E-state index contributed by atoms with van der Waals surface area (Å²) in [5, 5.41) is 4.76. The van der Waals surface area contributed by atoms with E-state index in [1.54, 1.807) is 0 Å². The number of hydrogen-bond donors (Lipinski definition) is 1. The van der Waals surface area contributed by atoms with Crippen molar-refractivity contribution in [2.45, 2.75) is 39.7 Å². The van der Waals surface area contributed by atoms with Crippen LogP contribution in [0, 0.1) is 5.41 Å². The molecule has 1 aromatic heterocycles. The van der Waals surface area contributed by atoms with Crippen LogP contribution in [0.15, 0.2) is 6.20 Å². The highest BCUT2D eigenvalue weighted by atomic mass is 32.1. The molecular weight excluding hydrogens is 192 g/mol. The number of hydrogen-bond acceptors (Lipinski definition) is 3. The molecule has 1 aliphatic rings. The van der Waals surface area contributed by atoms with Gasteiger partial charge in [-0.3, -0.25) is 0 Å². The third kappa shape index (κ3) is 2.55. The number of aromatic nitrogens is 1. The summed E-state index contributed by atoms with van der Waals surface area (Å²) in [5.74, 6) is 0. The Morgan fingerprint density at radius 3 is 2.93 bits per heavy atom. The van der Waals surface area contributed by atoms with Gasteiger partial charge >= 0.3 is 0 Å². The smallest absolute Gasteiger partial charge is 0.0925 e. The molecule has 0 aliphatic heterocycles. The fourth-order valence-corrected chi connectivity index (χ4v) is 2.30. The summed E-state index contributed by atoms with van der Waals surface area (Å²) >= 11 is 1.83. The van der Waals surface area contributed by atoms with E-state index in [1.165, 1.54) is 22.7 Å². The van der Waals surface area contributed by atoms with E-state index in [0.29, 0.717) is 5.41 Å². The Kier molecular flexibility index (Phi) is 2.88. The predicted molar refractivity (Wildman–Crippen MR) is 60.5 cm³/mol. The topological polar surface area (TPSA) is 24.9 Å². The second kappa shape index (κ2) is 3.99. The first-order chi connectivity index (χ1) is 6.72. The fourth-order valence-electron chi connectivity index (χ4n) is 1.47. The van der Waals surface area contributed by atoms with Crippen LogP contribution in [0.5, 0.6) is 0 Å². The van der Waals surface area contributed by atoms with E-state index in [9.17, 15) is 0 Å². The van der Waals surface area contributed by atoms with Crippen molar-refractivity contribution >= 4 is 11.3 Å². The number of rotatable bonds is 5. The Labute approximate surface area is 89.8 Å². The van der Waals surface area contributed by atoms with Crippen LogP contribution < -0.4 is 5.32 Å². The van der Waals surface area contributed by atoms with Gasteiger partial charge in [0.15, 0.2) is 0 Å². The first-order valence-corrected chi connectivity index (χ1v) is 6.18. The van der Waals surface area contributed by atoms with E-state index in [2.05, 4.69) is 24.1 Å². The van der Waals surface area contributed by atoms with E-state index in [-0.39, 0.29) is 0 Å². The van der Waals surface area contributed by atoms with Gasteiger partial charge in [-0.25, -0.2) is 4.98 Å². The molecule has 0 amide bonds. The van der Waals surface area contributed by atoms with Gasteiger partial charge < -0.3 is 5.32 Å². The van der Waals surface area contributed by atoms with Crippen LogP contribution in [0.1, 0.15) is 36.6 Å². The number of aryl methyl sites for hydroxylation is 1. The van der Waals surface area contributed by atoms with Crippen molar-refractivity contribution < 1.29 is 0 Å². The lowest BCUT2D eigenvalue weighted by Crippen LogP contribution is -2.20. The van der Waals surface area contributed by atoms with Crippen LogP contribution in [-0.4, -0.2) is 11.5 Å². The highest BCUT2D eigenvalue weighted by Crippen LogP contribution is 2.44. The fraction of sp³-hybridized carbons (Fsp3) is 0.727. The predicted octanol–water partition coefficient (Wildman–Crippen LogP) is 2.60. The number of nitrogens with one attached hydrogen (secondary N) is 1. The summed E-state index contributed by atoms with van der Waals surface area (Å²) in [4.78, 5) is 5.71. The minimum absolute atomic E-state index is 0.609. The molecule has 0 unspecified atom stereocenters. The molecule has 0 aromatic carbocycles. The number of thiazole rings is 1. The Morgan fingerprint density at radius 2 is 2.36 bits per heavy atom. The highest BCUT2D eigenvalue weighted by Gasteiger charge is 2.36. The van der Waals surface area contributed by atoms with E-state index < -0.39 is 0 Å². The molecule has 0 radical (unpaired) electrons. The molecule has 0 spiro atoms. The molecule has 1 fully saturated rings. The minimum Gasteiger partial charge on any atom is -0.311 e. The molecule has 0 atom stereocenters.